The summed E-state index contributed by atoms with van der Waals surface area (Å²) in [5.74, 6) is 0.455. The Kier molecular flexibility index (Phi) is 10.4. The highest BCUT2D eigenvalue weighted by Crippen LogP contribution is 2.25. The van der Waals surface area contributed by atoms with Crippen molar-refractivity contribution in [3.8, 4) is 5.75 Å². The Morgan fingerprint density at radius 1 is 1.11 bits per heavy atom. The predicted molar refractivity (Wildman–Crippen MR) is 149 cm³/mol. The van der Waals surface area contributed by atoms with Gasteiger partial charge in [-0.25, -0.2) is 4.39 Å². The molecular formula is C28H35Cl2FN4O2. The summed E-state index contributed by atoms with van der Waals surface area (Å²) in [5.41, 5.74) is 2.62. The first-order valence-electron chi connectivity index (χ1n) is 12.6. The van der Waals surface area contributed by atoms with Gasteiger partial charge in [0.2, 0.25) is 0 Å². The molecule has 0 bridgehead atoms. The summed E-state index contributed by atoms with van der Waals surface area (Å²) >= 11 is 6.23. The van der Waals surface area contributed by atoms with Crippen LogP contribution in [0.5, 0.6) is 5.75 Å². The van der Waals surface area contributed by atoms with Gasteiger partial charge >= 0.3 is 0 Å². The van der Waals surface area contributed by atoms with Crippen LogP contribution in [0.3, 0.4) is 0 Å². The lowest BCUT2D eigenvalue weighted by Gasteiger charge is -2.26. The number of ether oxygens (including phenoxy) is 1. The maximum absolute atomic E-state index is 14.8. The molecule has 4 rings (SSSR count). The predicted octanol–water partition coefficient (Wildman–Crippen LogP) is 6.73. The second kappa shape index (κ2) is 13.3. The van der Waals surface area contributed by atoms with E-state index in [-0.39, 0.29) is 18.0 Å². The molecule has 1 saturated heterocycles. The van der Waals surface area contributed by atoms with Gasteiger partial charge in [0.25, 0.3) is 5.91 Å². The molecule has 2 aromatic carbocycles. The number of carbonyl (C=O) groups excluding carboxylic acids is 1. The van der Waals surface area contributed by atoms with Crippen LogP contribution in [0.1, 0.15) is 60.3 Å². The van der Waals surface area contributed by atoms with E-state index in [0.29, 0.717) is 36.5 Å². The topological polar surface area (TPSA) is 59.4 Å². The van der Waals surface area contributed by atoms with Crippen molar-refractivity contribution in [2.75, 3.05) is 25.0 Å². The number of likely N-dealkylation sites (tertiary alicyclic amines) is 1. The number of nitrogens with zero attached hydrogens (tertiary/aromatic N) is 3. The van der Waals surface area contributed by atoms with E-state index in [0.717, 1.165) is 35.7 Å². The smallest absolute Gasteiger partial charge is 0.259 e. The van der Waals surface area contributed by atoms with E-state index >= 15 is 0 Å². The van der Waals surface area contributed by atoms with Crippen LogP contribution in [0, 0.1) is 18.7 Å². The average Bonchev–Trinajstić information content (AvgIpc) is 3.17. The summed E-state index contributed by atoms with van der Waals surface area (Å²) in [4.78, 5) is 15.1. The van der Waals surface area contributed by atoms with Gasteiger partial charge in [0.1, 0.15) is 11.6 Å². The summed E-state index contributed by atoms with van der Waals surface area (Å²) in [6, 6.07) is 12.1. The van der Waals surface area contributed by atoms with Crippen molar-refractivity contribution < 1.29 is 13.9 Å². The Hall–Kier alpha value is -2.61. The van der Waals surface area contributed by atoms with E-state index in [1.54, 1.807) is 22.9 Å². The largest absolute Gasteiger partial charge is 0.493 e. The molecule has 3 aromatic rings. The summed E-state index contributed by atoms with van der Waals surface area (Å²) < 4.78 is 22.5. The van der Waals surface area contributed by atoms with Gasteiger partial charge in [0, 0.05) is 28.9 Å². The molecule has 0 atom stereocenters. The van der Waals surface area contributed by atoms with Gasteiger partial charge < -0.3 is 10.1 Å². The molecule has 0 radical (unpaired) electrons. The van der Waals surface area contributed by atoms with Crippen molar-refractivity contribution in [2.24, 2.45) is 5.92 Å². The molecule has 2 heterocycles. The molecule has 37 heavy (non-hydrogen) atoms. The maximum atomic E-state index is 14.8. The number of nitrogens with one attached hydrogen (secondary N) is 1. The molecule has 0 saturated carbocycles. The van der Waals surface area contributed by atoms with Gasteiger partial charge in [0.15, 0.2) is 5.82 Å². The standard InChI is InChI=1S/C28H34ClFN4O2.ClH/c1-19(2)18-36-26-10-8-23(29)15-22(26)17-34-20(3)13-27(32-34)31-28(35)24-9-7-21(14-25(24)30)16-33-11-5-4-6-12-33;/h7-10,13-15,19H,4-6,11-12,16-18H2,1-3H3,(H,31,32,35);1H. The van der Waals surface area contributed by atoms with Crippen molar-refractivity contribution in [3.05, 3.63) is 75.7 Å². The Balaban J connectivity index is 0.00000380. The molecule has 1 N–H and O–H groups in total. The molecule has 200 valence electrons. The fourth-order valence-corrected chi connectivity index (χ4v) is 4.56. The van der Waals surface area contributed by atoms with E-state index in [1.165, 1.54) is 25.3 Å². The zero-order valence-electron chi connectivity index (χ0n) is 21.6. The van der Waals surface area contributed by atoms with Crippen molar-refractivity contribution in [3.63, 3.8) is 0 Å². The number of hydrogen-bond donors (Lipinski definition) is 1. The second-order valence-electron chi connectivity index (χ2n) is 9.89. The minimum atomic E-state index is -0.524. The molecule has 6 nitrogen and oxygen atoms in total. The fraction of sp³-hybridized carbons (Fsp3) is 0.429. The lowest BCUT2D eigenvalue weighted by Crippen LogP contribution is -2.29. The van der Waals surface area contributed by atoms with E-state index in [1.807, 2.05) is 25.1 Å². The third-order valence-electron chi connectivity index (χ3n) is 6.27. The van der Waals surface area contributed by atoms with Gasteiger partial charge in [-0.1, -0.05) is 37.9 Å². The van der Waals surface area contributed by atoms with Crippen molar-refractivity contribution >= 4 is 35.7 Å². The summed E-state index contributed by atoms with van der Waals surface area (Å²) in [7, 11) is 0. The molecular weight excluding hydrogens is 514 g/mol. The fourth-order valence-electron chi connectivity index (χ4n) is 4.36. The van der Waals surface area contributed by atoms with E-state index < -0.39 is 11.7 Å². The Labute approximate surface area is 229 Å². The van der Waals surface area contributed by atoms with Gasteiger partial charge in [-0.15, -0.1) is 12.4 Å². The van der Waals surface area contributed by atoms with Crippen LogP contribution in [-0.2, 0) is 13.1 Å². The monoisotopic (exact) mass is 548 g/mol. The summed E-state index contributed by atoms with van der Waals surface area (Å²) in [6.07, 6.45) is 3.61. The molecule has 1 aliphatic heterocycles. The summed E-state index contributed by atoms with van der Waals surface area (Å²) in [5, 5.41) is 7.86. The lowest BCUT2D eigenvalue weighted by molar-refractivity contribution is 0.102. The number of anilines is 1. The molecule has 1 aliphatic rings. The molecule has 0 aliphatic carbocycles. The quantitative estimate of drug-likeness (QED) is 0.322. The van der Waals surface area contributed by atoms with E-state index in [9.17, 15) is 9.18 Å². The Morgan fingerprint density at radius 3 is 2.57 bits per heavy atom. The van der Waals surface area contributed by atoms with Crippen LogP contribution >= 0.6 is 24.0 Å². The molecule has 0 unspecified atom stereocenters. The minimum Gasteiger partial charge on any atom is -0.493 e. The number of carbonyl (C=O) groups is 1. The first-order valence-corrected chi connectivity index (χ1v) is 12.9. The number of piperidine rings is 1. The van der Waals surface area contributed by atoms with Crippen LogP contribution in [0.15, 0.2) is 42.5 Å². The van der Waals surface area contributed by atoms with Gasteiger partial charge in [-0.05, 0) is 74.7 Å². The van der Waals surface area contributed by atoms with Gasteiger partial charge in [0.05, 0.1) is 18.7 Å². The first-order chi connectivity index (χ1) is 17.3. The van der Waals surface area contributed by atoms with Crippen LogP contribution < -0.4 is 10.1 Å². The van der Waals surface area contributed by atoms with Crippen molar-refractivity contribution in [2.45, 2.75) is 53.1 Å². The van der Waals surface area contributed by atoms with Gasteiger partial charge in [-0.3, -0.25) is 14.4 Å². The number of aromatic nitrogens is 2. The Morgan fingerprint density at radius 2 is 1.86 bits per heavy atom. The molecule has 9 heteroatoms. The van der Waals surface area contributed by atoms with E-state index in [4.69, 9.17) is 16.3 Å². The molecule has 1 fully saturated rings. The van der Waals surface area contributed by atoms with E-state index in [2.05, 4.69) is 29.2 Å². The third kappa shape index (κ3) is 7.94. The number of benzene rings is 2. The second-order valence-corrected chi connectivity index (χ2v) is 10.3. The number of halogens is 3. The first kappa shape index (κ1) is 29.0. The number of aryl methyl sites for hydroxylation is 1. The zero-order valence-corrected chi connectivity index (χ0v) is 23.2. The van der Waals surface area contributed by atoms with Crippen LogP contribution in [-0.4, -0.2) is 40.3 Å². The van der Waals surface area contributed by atoms with Gasteiger partial charge in [-0.2, -0.15) is 5.10 Å². The SMILES string of the molecule is Cc1cc(NC(=O)c2ccc(CN3CCCCC3)cc2F)nn1Cc1cc(Cl)ccc1OCC(C)C.Cl. The third-order valence-corrected chi connectivity index (χ3v) is 6.51. The normalized spacial score (nSPS) is 13.9. The highest BCUT2D eigenvalue weighted by molar-refractivity contribution is 6.30. The number of amides is 1. The number of rotatable bonds is 9. The summed E-state index contributed by atoms with van der Waals surface area (Å²) in [6.45, 7) is 9.87. The van der Waals surface area contributed by atoms with Crippen LogP contribution in [0.2, 0.25) is 5.02 Å². The minimum absolute atomic E-state index is 0. The van der Waals surface area contributed by atoms with Crippen molar-refractivity contribution in [1.29, 1.82) is 0 Å². The van der Waals surface area contributed by atoms with Crippen molar-refractivity contribution in [1.82, 2.24) is 14.7 Å². The number of hydrogen-bond acceptors (Lipinski definition) is 4. The maximum Gasteiger partial charge on any atom is 0.259 e. The Bertz CT molecular complexity index is 1210. The highest BCUT2D eigenvalue weighted by atomic mass is 35.5. The molecule has 1 aromatic heterocycles. The molecule has 1 amide bonds. The van der Waals surface area contributed by atoms with Crippen LogP contribution in [0.4, 0.5) is 10.2 Å². The highest BCUT2D eigenvalue weighted by Gasteiger charge is 2.17. The lowest BCUT2D eigenvalue weighted by atomic mass is 10.1. The average molecular weight is 550 g/mol. The molecule has 0 spiro atoms. The zero-order chi connectivity index (χ0) is 25.7. The van der Waals surface area contributed by atoms with Crippen LogP contribution in [0.25, 0.3) is 0 Å².